The van der Waals surface area contributed by atoms with E-state index in [4.69, 9.17) is 5.73 Å². The molecule has 0 fully saturated rings. The lowest BCUT2D eigenvalue weighted by molar-refractivity contribution is 0.0965. The minimum Gasteiger partial charge on any atom is -0.399 e. The van der Waals surface area contributed by atoms with Gasteiger partial charge in [-0.25, -0.2) is 0 Å². The third kappa shape index (κ3) is 2.07. The van der Waals surface area contributed by atoms with Crippen molar-refractivity contribution in [2.75, 3.05) is 5.73 Å². The van der Waals surface area contributed by atoms with Gasteiger partial charge in [-0.15, -0.1) is 0 Å². The van der Waals surface area contributed by atoms with E-state index in [2.05, 4.69) is 6.07 Å². The number of rotatable bonds is 1. The number of aryl methyl sites for hydroxylation is 2. The fraction of sp³-hybridized carbons (Fsp3) is 0.118. The van der Waals surface area contributed by atoms with Gasteiger partial charge >= 0.3 is 0 Å². The molecule has 100 valence electrons. The molecular weight excluding hydrogens is 248 g/mol. The van der Waals surface area contributed by atoms with Crippen molar-refractivity contribution in [3.63, 3.8) is 0 Å². The number of anilines is 1. The number of nitrogens with zero attached hydrogens (tertiary/aromatic N) is 1. The summed E-state index contributed by atoms with van der Waals surface area (Å²) in [6, 6.07) is 13.4. The standard InChI is InChI=1S/C17H16N2O/c1-11-7-12(2)9-14(8-11)17(20)19-6-5-13-10-15(18)3-4-16(13)19/h3-10H,18H2,1-2H3. The predicted octanol–water partition coefficient (Wildman–Crippen LogP) is 3.53. The van der Waals surface area contributed by atoms with Crippen molar-refractivity contribution < 1.29 is 4.79 Å². The van der Waals surface area contributed by atoms with E-state index in [1.165, 1.54) is 0 Å². The summed E-state index contributed by atoms with van der Waals surface area (Å²) in [7, 11) is 0. The van der Waals surface area contributed by atoms with E-state index in [1.54, 1.807) is 10.8 Å². The van der Waals surface area contributed by atoms with E-state index in [-0.39, 0.29) is 5.91 Å². The number of nitrogen functional groups attached to an aromatic ring is 1. The summed E-state index contributed by atoms with van der Waals surface area (Å²) in [5, 5.41) is 0.975. The van der Waals surface area contributed by atoms with Gasteiger partial charge in [0.05, 0.1) is 5.52 Å². The Morgan fingerprint density at radius 1 is 1.00 bits per heavy atom. The first-order valence-corrected chi connectivity index (χ1v) is 6.54. The minimum atomic E-state index is -0.0171. The minimum absolute atomic E-state index is 0.0171. The lowest BCUT2D eigenvalue weighted by Gasteiger charge is -2.07. The number of nitrogens with two attached hydrogens (primary N) is 1. The van der Waals surface area contributed by atoms with Crippen LogP contribution in [0.4, 0.5) is 5.69 Å². The zero-order chi connectivity index (χ0) is 14.3. The van der Waals surface area contributed by atoms with Crippen molar-refractivity contribution in [3.05, 3.63) is 65.4 Å². The van der Waals surface area contributed by atoms with Crippen LogP contribution in [0.15, 0.2) is 48.7 Å². The second kappa shape index (κ2) is 4.53. The highest BCUT2D eigenvalue weighted by atomic mass is 16.2. The lowest BCUT2D eigenvalue weighted by Crippen LogP contribution is -2.11. The van der Waals surface area contributed by atoms with Crippen molar-refractivity contribution in [3.8, 4) is 0 Å². The molecule has 3 rings (SSSR count). The number of hydrogen-bond donors (Lipinski definition) is 1. The SMILES string of the molecule is Cc1cc(C)cc(C(=O)n2ccc3cc(N)ccc32)c1. The van der Waals surface area contributed by atoms with Crippen LogP contribution in [0.5, 0.6) is 0 Å². The molecule has 0 aliphatic carbocycles. The molecule has 3 nitrogen and oxygen atoms in total. The Balaban J connectivity index is 2.12. The first-order chi connectivity index (χ1) is 9.54. The van der Waals surface area contributed by atoms with Crippen LogP contribution in [-0.2, 0) is 0 Å². The van der Waals surface area contributed by atoms with Crippen LogP contribution in [0.2, 0.25) is 0 Å². The van der Waals surface area contributed by atoms with Crippen molar-refractivity contribution in [1.29, 1.82) is 0 Å². The average Bonchev–Trinajstić information content (AvgIpc) is 2.79. The molecule has 0 unspecified atom stereocenters. The summed E-state index contributed by atoms with van der Waals surface area (Å²) in [6.45, 7) is 4.00. The van der Waals surface area contributed by atoms with E-state index in [1.807, 2.05) is 50.2 Å². The maximum Gasteiger partial charge on any atom is 0.262 e. The molecule has 0 aliphatic heterocycles. The van der Waals surface area contributed by atoms with E-state index in [9.17, 15) is 4.79 Å². The van der Waals surface area contributed by atoms with Gasteiger partial charge in [-0.05, 0) is 50.2 Å². The fourth-order valence-corrected chi connectivity index (χ4v) is 2.58. The van der Waals surface area contributed by atoms with Gasteiger partial charge in [0.2, 0.25) is 0 Å². The topological polar surface area (TPSA) is 48.0 Å². The Kier molecular flexibility index (Phi) is 2.83. The molecule has 20 heavy (non-hydrogen) atoms. The zero-order valence-corrected chi connectivity index (χ0v) is 11.6. The predicted molar refractivity (Wildman–Crippen MR) is 82.0 cm³/mol. The van der Waals surface area contributed by atoms with Crippen LogP contribution in [0, 0.1) is 13.8 Å². The largest absolute Gasteiger partial charge is 0.399 e. The average molecular weight is 264 g/mol. The molecule has 0 saturated carbocycles. The second-order valence-corrected chi connectivity index (χ2v) is 5.19. The van der Waals surface area contributed by atoms with Crippen LogP contribution in [0.3, 0.4) is 0 Å². The molecule has 0 atom stereocenters. The Morgan fingerprint density at radius 2 is 1.70 bits per heavy atom. The molecule has 1 aromatic heterocycles. The van der Waals surface area contributed by atoms with Crippen LogP contribution >= 0.6 is 0 Å². The Labute approximate surface area is 117 Å². The van der Waals surface area contributed by atoms with Gasteiger partial charge in [-0.3, -0.25) is 9.36 Å². The molecule has 0 spiro atoms. The first-order valence-electron chi connectivity index (χ1n) is 6.54. The molecule has 2 N–H and O–H groups in total. The Hall–Kier alpha value is -2.55. The lowest BCUT2D eigenvalue weighted by atomic mass is 10.1. The maximum atomic E-state index is 12.6. The van der Waals surface area contributed by atoms with Gasteiger partial charge in [-0.1, -0.05) is 17.2 Å². The second-order valence-electron chi connectivity index (χ2n) is 5.19. The molecule has 3 aromatic rings. The summed E-state index contributed by atoms with van der Waals surface area (Å²) in [5.74, 6) is -0.0171. The summed E-state index contributed by atoms with van der Waals surface area (Å²) >= 11 is 0. The summed E-state index contributed by atoms with van der Waals surface area (Å²) < 4.78 is 1.67. The fourth-order valence-electron chi connectivity index (χ4n) is 2.58. The van der Waals surface area contributed by atoms with Gasteiger partial charge in [0.1, 0.15) is 0 Å². The monoisotopic (exact) mass is 264 g/mol. The maximum absolute atomic E-state index is 12.6. The third-order valence-corrected chi connectivity index (χ3v) is 3.40. The molecule has 1 heterocycles. The summed E-state index contributed by atoms with van der Waals surface area (Å²) in [6.07, 6.45) is 1.80. The van der Waals surface area contributed by atoms with Crippen molar-refractivity contribution in [2.24, 2.45) is 0 Å². The van der Waals surface area contributed by atoms with E-state index < -0.39 is 0 Å². The Morgan fingerprint density at radius 3 is 2.40 bits per heavy atom. The first kappa shape index (κ1) is 12.5. The normalized spacial score (nSPS) is 10.9. The number of aromatic nitrogens is 1. The molecule has 0 aliphatic rings. The van der Waals surface area contributed by atoms with E-state index >= 15 is 0 Å². The number of carbonyl (C=O) groups is 1. The highest BCUT2D eigenvalue weighted by molar-refractivity contribution is 6.02. The molecule has 0 bridgehead atoms. The van der Waals surface area contributed by atoms with E-state index in [0.717, 1.165) is 22.0 Å². The van der Waals surface area contributed by atoms with Gasteiger partial charge in [0.15, 0.2) is 0 Å². The number of carbonyl (C=O) groups excluding carboxylic acids is 1. The van der Waals surface area contributed by atoms with Crippen molar-refractivity contribution in [2.45, 2.75) is 13.8 Å². The highest BCUT2D eigenvalue weighted by Crippen LogP contribution is 2.20. The molecule has 0 amide bonds. The smallest absolute Gasteiger partial charge is 0.262 e. The molecule has 0 saturated heterocycles. The van der Waals surface area contributed by atoms with Crippen LogP contribution < -0.4 is 5.73 Å². The van der Waals surface area contributed by atoms with Gasteiger partial charge in [0.25, 0.3) is 5.91 Å². The summed E-state index contributed by atoms with van der Waals surface area (Å²) in [4.78, 5) is 12.6. The molecular formula is C17H16N2O. The summed E-state index contributed by atoms with van der Waals surface area (Å²) in [5.41, 5.74) is 10.2. The van der Waals surface area contributed by atoms with Crippen LogP contribution in [-0.4, -0.2) is 10.5 Å². The van der Waals surface area contributed by atoms with Crippen molar-refractivity contribution >= 4 is 22.5 Å². The molecule has 3 heteroatoms. The van der Waals surface area contributed by atoms with Crippen molar-refractivity contribution in [1.82, 2.24) is 4.57 Å². The highest BCUT2D eigenvalue weighted by Gasteiger charge is 2.12. The number of fused-ring (bicyclic) bond motifs is 1. The van der Waals surface area contributed by atoms with Gasteiger partial charge in [0, 0.05) is 22.8 Å². The molecule has 2 aromatic carbocycles. The van der Waals surface area contributed by atoms with Gasteiger partial charge in [-0.2, -0.15) is 0 Å². The van der Waals surface area contributed by atoms with Gasteiger partial charge < -0.3 is 5.73 Å². The molecule has 0 radical (unpaired) electrons. The quantitative estimate of drug-likeness (QED) is 0.683. The number of benzene rings is 2. The number of hydrogen-bond acceptors (Lipinski definition) is 2. The van der Waals surface area contributed by atoms with Crippen LogP contribution in [0.25, 0.3) is 10.9 Å². The Bertz CT molecular complexity index is 795. The van der Waals surface area contributed by atoms with E-state index in [0.29, 0.717) is 11.3 Å². The zero-order valence-electron chi connectivity index (χ0n) is 11.6. The third-order valence-electron chi connectivity index (χ3n) is 3.40. The van der Waals surface area contributed by atoms with Crippen LogP contribution in [0.1, 0.15) is 21.5 Å².